The summed E-state index contributed by atoms with van der Waals surface area (Å²) in [6, 6.07) is 4.75. The maximum absolute atomic E-state index is 9.38. The molecule has 19 heavy (non-hydrogen) atoms. The van der Waals surface area contributed by atoms with Gasteiger partial charge >= 0.3 is 0 Å². The van der Waals surface area contributed by atoms with Gasteiger partial charge in [-0.1, -0.05) is 25.7 Å². The smallest absolute Gasteiger partial charge is 0.167 e. The lowest BCUT2D eigenvalue weighted by molar-refractivity contribution is 0.340. The first-order chi connectivity index (χ1) is 9.29. The van der Waals surface area contributed by atoms with Gasteiger partial charge in [0.05, 0.1) is 24.1 Å². The van der Waals surface area contributed by atoms with Crippen LogP contribution in [0.5, 0.6) is 0 Å². The van der Waals surface area contributed by atoms with Gasteiger partial charge in [0.1, 0.15) is 0 Å². The monoisotopic (exact) mass is 258 g/mol. The van der Waals surface area contributed by atoms with Crippen LogP contribution in [0.1, 0.15) is 64.2 Å². The second-order valence-corrected chi connectivity index (χ2v) is 5.86. The van der Waals surface area contributed by atoms with Crippen LogP contribution < -0.4 is 0 Å². The van der Waals surface area contributed by atoms with Crippen molar-refractivity contribution in [2.45, 2.75) is 75.8 Å². The molecule has 0 aliphatic heterocycles. The quantitative estimate of drug-likeness (QED) is 0.551. The molecule has 0 aromatic heterocycles. The third-order valence-corrected chi connectivity index (χ3v) is 4.43. The molecule has 0 heterocycles. The third kappa shape index (κ3) is 3.53. The molecule has 2 fully saturated rings. The van der Waals surface area contributed by atoms with E-state index in [9.17, 15) is 10.5 Å². The topological polar surface area (TPSA) is 72.3 Å². The summed E-state index contributed by atoms with van der Waals surface area (Å²) in [7, 11) is 0. The van der Waals surface area contributed by atoms with Crippen LogP contribution in [0.25, 0.3) is 0 Å². The van der Waals surface area contributed by atoms with Crippen LogP contribution >= 0.6 is 0 Å². The summed E-state index contributed by atoms with van der Waals surface area (Å²) in [6.45, 7) is 0. The first kappa shape index (κ1) is 14.0. The highest BCUT2D eigenvalue weighted by Crippen LogP contribution is 2.33. The lowest BCUT2D eigenvalue weighted by atomic mass is 9.84. The minimum Gasteiger partial charge on any atom is -0.198 e. The summed E-state index contributed by atoms with van der Waals surface area (Å²) < 4.78 is 0. The molecule has 2 aliphatic rings. The highest BCUT2D eigenvalue weighted by molar-refractivity contribution is 5.08. The Hall–Kier alpha value is -1.42. The molecule has 102 valence electrons. The Labute approximate surface area is 115 Å². The lowest BCUT2D eigenvalue weighted by Gasteiger charge is -2.26. The molecule has 0 saturated heterocycles. The Bertz CT molecular complexity index is 395. The van der Waals surface area contributed by atoms with E-state index < -0.39 is 5.54 Å². The Balaban J connectivity index is 2.06. The van der Waals surface area contributed by atoms with Crippen molar-refractivity contribution < 1.29 is 0 Å². The molecule has 0 amide bonds. The predicted molar refractivity (Wildman–Crippen MR) is 72.3 cm³/mol. The molecule has 4 heteroatoms. The molecular weight excluding hydrogens is 236 g/mol. The summed E-state index contributed by atoms with van der Waals surface area (Å²) in [5.41, 5.74) is -0.593. The van der Waals surface area contributed by atoms with Crippen LogP contribution in [-0.4, -0.2) is 11.6 Å². The standard InChI is InChI=1S/C15H22N4/c16-11-13-7-3-1-4-8-14(13)18-19-15(12-17)9-5-2-6-10-15/h13-14H,1-10H2. The molecule has 0 aromatic rings. The van der Waals surface area contributed by atoms with E-state index in [4.69, 9.17) is 0 Å². The van der Waals surface area contributed by atoms with Crippen molar-refractivity contribution in [2.24, 2.45) is 16.1 Å². The number of azo groups is 1. The minimum absolute atomic E-state index is 0.00872. The van der Waals surface area contributed by atoms with Gasteiger partial charge in [0.2, 0.25) is 0 Å². The number of nitrogens with zero attached hydrogens (tertiary/aromatic N) is 4. The van der Waals surface area contributed by atoms with E-state index in [1.54, 1.807) is 0 Å². The van der Waals surface area contributed by atoms with Gasteiger partial charge < -0.3 is 0 Å². The molecule has 2 aliphatic carbocycles. The van der Waals surface area contributed by atoms with Gasteiger partial charge in [-0.05, 0) is 38.5 Å². The van der Waals surface area contributed by atoms with Gasteiger partial charge in [-0.15, -0.1) is 0 Å². The number of hydrogen-bond acceptors (Lipinski definition) is 4. The van der Waals surface area contributed by atoms with Crippen LogP contribution in [0.3, 0.4) is 0 Å². The average Bonchev–Trinajstić information content (AvgIpc) is 2.71. The molecule has 0 aromatic carbocycles. The number of hydrogen-bond donors (Lipinski definition) is 0. The van der Waals surface area contributed by atoms with Gasteiger partial charge in [0, 0.05) is 0 Å². The number of rotatable bonds is 2. The van der Waals surface area contributed by atoms with Crippen LogP contribution in [0.4, 0.5) is 0 Å². The van der Waals surface area contributed by atoms with Gasteiger partial charge in [-0.25, -0.2) is 0 Å². The summed E-state index contributed by atoms with van der Waals surface area (Å²) >= 11 is 0. The summed E-state index contributed by atoms with van der Waals surface area (Å²) in [4.78, 5) is 0. The SMILES string of the molecule is N#CC1CCCCCC1N=NC1(C#N)CCCCC1. The van der Waals surface area contributed by atoms with Crippen molar-refractivity contribution in [3.63, 3.8) is 0 Å². The first-order valence-corrected chi connectivity index (χ1v) is 7.52. The van der Waals surface area contributed by atoms with E-state index in [2.05, 4.69) is 22.4 Å². The lowest BCUT2D eigenvalue weighted by Crippen LogP contribution is -2.28. The average molecular weight is 258 g/mol. The van der Waals surface area contributed by atoms with Crippen molar-refractivity contribution in [1.29, 1.82) is 10.5 Å². The van der Waals surface area contributed by atoms with Crippen molar-refractivity contribution in [2.75, 3.05) is 0 Å². The van der Waals surface area contributed by atoms with Crippen LogP contribution in [0.2, 0.25) is 0 Å². The van der Waals surface area contributed by atoms with Gasteiger partial charge in [-0.3, -0.25) is 0 Å². The van der Waals surface area contributed by atoms with Crippen molar-refractivity contribution >= 4 is 0 Å². The third-order valence-electron chi connectivity index (χ3n) is 4.43. The molecule has 2 saturated carbocycles. The molecule has 2 unspecified atom stereocenters. The molecular formula is C15H22N4. The van der Waals surface area contributed by atoms with E-state index in [0.29, 0.717) is 0 Å². The minimum atomic E-state index is -0.593. The highest BCUT2D eigenvalue weighted by atomic mass is 15.2. The first-order valence-electron chi connectivity index (χ1n) is 7.52. The Morgan fingerprint density at radius 2 is 1.58 bits per heavy atom. The molecule has 0 bridgehead atoms. The van der Waals surface area contributed by atoms with Gasteiger partial charge in [0.15, 0.2) is 5.54 Å². The summed E-state index contributed by atoms with van der Waals surface area (Å²) in [6.07, 6.45) is 10.3. The van der Waals surface area contributed by atoms with Crippen LogP contribution in [0.15, 0.2) is 10.2 Å². The van der Waals surface area contributed by atoms with E-state index in [-0.39, 0.29) is 12.0 Å². The fourth-order valence-electron chi connectivity index (χ4n) is 3.13. The van der Waals surface area contributed by atoms with E-state index >= 15 is 0 Å². The van der Waals surface area contributed by atoms with Crippen molar-refractivity contribution in [3.8, 4) is 12.1 Å². The molecule has 2 atom stereocenters. The van der Waals surface area contributed by atoms with Crippen LogP contribution in [-0.2, 0) is 0 Å². The highest BCUT2D eigenvalue weighted by Gasteiger charge is 2.33. The number of nitriles is 2. The maximum atomic E-state index is 9.38. The fraction of sp³-hybridized carbons (Fsp3) is 0.867. The van der Waals surface area contributed by atoms with E-state index in [0.717, 1.165) is 51.4 Å². The normalized spacial score (nSPS) is 31.3. The van der Waals surface area contributed by atoms with E-state index in [1.807, 2.05) is 0 Å². The van der Waals surface area contributed by atoms with Crippen molar-refractivity contribution in [3.05, 3.63) is 0 Å². The summed E-state index contributed by atoms with van der Waals surface area (Å²) in [5, 5.41) is 27.5. The molecule has 0 spiro atoms. The second kappa shape index (κ2) is 6.66. The summed E-state index contributed by atoms with van der Waals surface area (Å²) in [5.74, 6) is -0.00872. The maximum Gasteiger partial charge on any atom is 0.167 e. The second-order valence-electron chi connectivity index (χ2n) is 5.86. The fourth-order valence-corrected chi connectivity index (χ4v) is 3.13. The predicted octanol–water partition coefficient (Wildman–Crippen LogP) is 4.14. The molecule has 2 rings (SSSR count). The largest absolute Gasteiger partial charge is 0.198 e. The van der Waals surface area contributed by atoms with E-state index in [1.165, 1.54) is 12.8 Å². The molecule has 0 N–H and O–H groups in total. The van der Waals surface area contributed by atoms with Gasteiger partial charge in [0.25, 0.3) is 0 Å². The molecule has 0 radical (unpaired) electrons. The zero-order chi connectivity index (χ0) is 13.6. The zero-order valence-electron chi connectivity index (χ0n) is 11.5. The van der Waals surface area contributed by atoms with Crippen molar-refractivity contribution in [1.82, 2.24) is 0 Å². The van der Waals surface area contributed by atoms with Crippen LogP contribution in [0, 0.1) is 28.6 Å². The van der Waals surface area contributed by atoms with Gasteiger partial charge in [-0.2, -0.15) is 20.8 Å². The Kier molecular flexibility index (Phi) is 4.91. The molecule has 4 nitrogen and oxygen atoms in total. The zero-order valence-corrected chi connectivity index (χ0v) is 11.5. The Morgan fingerprint density at radius 3 is 2.26 bits per heavy atom. The Morgan fingerprint density at radius 1 is 0.895 bits per heavy atom.